The molecule has 1 rings (SSSR count). The van der Waals surface area contributed by atoms with Crippen LogP contribution in [0.4, 0.5) is 0 Å². The summed E-state index contributed by atoms with van der Waals surface area (Å²) in [7, 11) is 0. The van der Waals surface area contributed by atoms with Crippen LogP contribution in [-0.2, 0) is 0 Å². The molecule has 16 heavy (non-hydrogen) atoms. The molecule has 0 spiro atoms. The lowest BCUT2D eigenvalue weighted by Crippen LogP contribution is -2.27. The summed E-state index contributed by atoms with van der Waals surface area (Å²) >= 11 is 0. The highest BCUT2D eigenvalue weighted by Crippen LogP contribution is 2.30. The lowest BCUT2D eigenvalue weighted by atomic mass is 9.81. The first-order valence-electron chi connectivity index (χ1n) is 6.56. The third kappa shape index (κ3) is 3.91. The molecule has 1 aliphatic rings. The van der Waals surface area contributed by atoms with Gasteiger partial charge in [0.2, 0.25) is 0 Å². The van der Waals surface area contributed by atoms with E-state index >= 15 is 0 Å². The van der Waals surface area contributed by atoms with Crippen molar-refractivity contribution in [2.75, 3.05) is 0 Å². The minimum atomic E-state index is -0.409. The van der Waals surface area contributed by atoms with Gasteiger partial charge in [0, 0.05) is 0 Å². The topological polar surface area (TPSA) is 40.5 Å². The second-order valence-electron chi connectivity index (χ2n) is 5.52. The summed E-state index contributed by atoms with van der Waals surface area (Å²) < 4.78 is 0. The maximum atomic E-state index is 10.2. The standard InChI is InChI=1S/C14H26O2/c1-10(2)13(15)9-11(3)14(16)12-7-5-4-6-8-12/h10,12-16H,3-9H2,1-2H3/t13-,14+/m1/s1. The van der Waals surface area contributed by atoms with Crippen LogP contribution in [0.2, 0.25) is 0 Å². The molecule has 2 N–H and O–H groups in total. The van der Waals surface area contributed by atoms with E-state index in [1.807, 2.05) is 13.8 Å². The lowest BCUT2D eigenvalue weighted by Gasteiger charge is -2.29. The van der Waals surface area contributed by atoms with E-state index in [1.165, 1.54) is 19.3 Å². The Kier molecular flexibility index (Phi) is 5.50. The van der Waals surface area contributed by atoms with Crippen molar-refractivity contribution in [2.24, 2.45) is 11.8 Å². The Morgan fingerprint density at radius 3 is 2.25 bits per heavy atom. The van der Waals surface area contributed by atoms with Crippen molar-refractivity contribution in [2.45, 2.75) is 64.6 Å². The summed E-state index contributed by atoms with van der Waals surface area (Å²) in [6.07, 6.45) is 5.72. The van der Waals surface area contributed by atoms with Gasteiger partial charge in [-0.05, 0) is 36.7 Å². The van der Waals surface area contributed by atoms with Gasteiger partial charge in [0.1, 0.15) is 0 Å². The van der Waals surface area contributed by atoms with Crippen LogP contribution in [0.1, 0.15) is 52.4 Å². The van der Waals surface area contributed by atoms with Crippen molar-refractivity contribution in [3.8, 4) is 0 Å². The highest BCUT2D eigenvalue weighted by molar-refractivity contribution is 5.06. The second kappa shape index (κ2) is 6.41. The third-order valence-electron chi connectivity index (χ3n) is 3.76. The van der Waals surface area contributed by atoms with E-state index in [0.717, 1.165) is 18.4 Å². The molecule has 2 atom stereocenters. The van der Waals surface area contributed by atoms with Crippen LogP contribution in [-0.4, -0.2) is 22.4 Å². The van der Waals surface area contributed by atoms with E-state index < -0.39 is 6.10 Å². The zero-order chi connectivity index (χ0) is 12.1. The summed E-state index contributed by atoms with van der Waals surface area (Å²) in [5, 5.41) is 19.9. The molecule has 0 radical (unpaired) electrons. The molecule has 0 aromatic heterocycles. The smallest absolute Gasteiger partial charge is 0.0776 e. The van der Waals surface area contributed by atoms with Gasteiger partial charge in [-0.15, -0.1) is 0 Å². The number of aliphatic hydroxyl groups excluding tert-OH is 2. The van der Waals surface area contributed by atoms with E-state index in [1.54, 1.807) is 0 Å². The predicted octanol–water partition coefficient (Wildman–Crippen LogP) is 2.89. The van der Waals surface area contributed by atoms with E-state index in [4.69, 9.17) is 0 Å². The first-order valence-corrected chi connectivity index (χ1v) is 6.56. The van der Waals surface area contributed by atoms with E-state index in [9.17, 15) is 10.2 Å². The number of hydrogen-bond acceptors (Lipinski definition) is 2. The molecule has 0 heterocycles. The van der Waals surface area contributed by atoms with Crippen LogP contribution in [0.25, 0.3) is 0 Å². The summed E-state index contributed by atoms with van der Waals surface area (Å²) in [5.74, 6) is 0.607. The maximum absolute atomic E-state index is 10.2. The van der Waals surface area contributed by atoms with E-state index in [0.29, 0.717) is 12.3 Å². The molecule has 2 heteroatoms. The van der Waals surface area contributed by atoms with Gasteiger partial charge < -0.3 is 10.2 Å². The minimum absolute atomic E-state index is 0.232. The van der Waals surface area contributed by atoms with Gasteiger partial charge >= 0.3 is 0 Å². The van der Waals surface area contributed by atoms with Crippen LogP contribution in [0.3, 0.4) is 0 Å². The molecule has 0 aromatic carbocycles. The van der Waals surface area contributed by atoms with Crippen molar-refractivity contribution >= 4 is 0 Å². The molecule has 0 unspecified atom stereocenters. The van der Waals surface area contributed by atoms with Gasteiger partial charge in [-0.3, -0.25) is 0 Å². The SMILES string of the molecule is C=C(C[C@@H](O)C(C)C)[C@H](O)C1CCCCC1. The number of aliphatic hydroxyl groups is 2. The van der Waals surface area contributed by atoms with Crippen LogP contribution < -0.4 is 0 Å². The fraction of sp³-hybridized carbons (Fsp3) is 0.857. The van der Waals surface area contributed by atoms with Crippen molar-refractivity contribution in [1.82, 2.24) is 0 Å². The molecule has 1 fully saturated rings. The Morgan fingerprint density at radius 1 is 1.19 bits per heavy atom. The molecule has 0 aliphatic heterocycles. The van der Waals surface area contributed by atoms with Gasteiger partial charge in [-0.25, -0.2) is 0 Å². The molecular formula is C14H26O2. The third-order valence-corrected chi connectivity index (χ3v) is 3.76. The summed E-state index contributed by atoms with van der Waals surface area (Å²) in [6.45, 7) is 7.92. The molecular weight excluding hydrogens is 200 g/mol. The normalized spacial score (nSPS) is 22.1. The van der Waals surface area contributed by atoms with Crippen LogP contribution in [0.15, 0.2) is 12.2 Å². The van der Waals surface area contributed by atoms with Gasteiger partial charge in [0.05, 0.1) is 12.2 Å². The highest BCUT2D eigenvalue weighted by Gasteiger charge is 2.25. The first kappa shape index (κ1) is 13.7. The fourth-order valence-corrected chi connectivity index (χ4v) is 2.41. The number of hydrogen-bond donors (Lipinski definition) is 2. The largest absolute Gasteiger partial charge is 0.393 e. The van der Waals surface area contributed by atoms with Crippen LogP contribution in [0.5, 0.6) is 0 Å². The molecule has 0 aromatic rings. The van der Waals surface area contributed by atoms with Crippen LogP contribution in [0, 0.1) is 11.8 Å². The van der Waals surface area contributed by atoms with Crippen molar-refractivity contribution < 1.29 is 10.2 Å². The Morgan fingerprint density at radius 2 is 1.75 bits per heavy atom. The first-order chi connectivity index (χ1) is 7.52. The summed E-state index contributed by atoms with van der Waals surface area (Å²) in [4.78, 5) is 0. The van der Waals surface area contributed by atoms with Gasteiger partial charge in [0.15, 0.2) is 0 Å². The van der Waals surface area contributed by atoms with E-state index in [-0.39, 0.29) is 12.0 Å². The van der Waals surface area contributed by atoms with Crippen molar-refractivity contribution in [3.05, 3.63) is 12.2 Å². The lowest BCUT2D eigenvalue weighted by molar-refractivity contribution is 0.0861. The Balaban J connectivity index is 2.40. The van der Waals surface area contributed by atoms with Crippen molar-refractivity contribution in [1.29, 1.82) is 0 Å². The monoisotopic (exact) mass is 226 g/mol. The Hall–Kier alpha value is -0.340. The second-order valence-corrected chi connectivity index (χ2v) is 5.52. The number of rotatable bonds is 5. The van der Waals surface area contributed by atoms with Gasteiger partial charge in [-0.2, -0.15) is 0 Å². The molecule has 1 saturated carbocycles. The van der Waals surface area contributed by atoms with Crippen LogP contribution >= 0.6 is 0 Å². The molecule has 94 valence electrons. The fourth-order valence-electron chi connectivity index (χ4n) is 2.41. The van der Waals surface area contributed by atoms with Gasteiger partial charge in [0.25, 0.3) is 0 Å². The molecule has 2 nitrogen and oxygen atoms in total. The predicted molar refractivity (Wildman–Crippen MR) is 67.2 cm³/mol. The minimum Gasteiger partial charge on any atom is -0.393 e. The zero-order valence-electron chi connectivity index (χ0n) is 10.7. The van der Waals surface area contributed by atoms with Crippen molar-refractivity contribution in [3.63, 3.8) is 0 Å². The maximum Gasteiger partial charge on any atom is 0.0776 e. The average molecular weight is 226 g/mol. The summed E-state index contributed by atoms with van der Waals surface area (Å²) in [6, 6.07) is 0. The molecule has 0 saturated heterocycles. The molecule has 0 bridgehead atoms. The summed E-state index contributed by atoms with van der Waals surface area (Å²) in [5.41, 5.74) is 0.813. The zero-order valence-corrected chi connectivity index (χ0v) is 10.7. The Bertz CT molecular complexity index is 217. The quantitative estimate of drug-likeness (QED) is 0.708. The average Bonchev–Trinajstić information content (AvgIpc) is 2.28. The molecule has 1 aliphatic carbocycles. The highest BCUT2D eigenvalue weighted by atomic mass is 16.3. The van der Waals surface area contributed by atoms with E-state index in [2.05, 4.69) is 6.58 Å². The Labute approximate surface area is 99.4 Å². The molecule has 0 amide bonds. The van der Waals surface area contributed by atoms with Gasteiger partial charge in [-0.1, -0.05) is 39.7 Å².